The summed E-state index contributed by atoms with van der Waals surface area (Å²) in [6, 6.07) is 4.20. The van der Waals surface area contributed by atoms with Crippen molar-refractivity contribution in [1.82, 2.24) is 4.68 Å². The van der Waals surface area contributed by atoms with Gasteiger partial charge >= 0.3 is 0 Å². The second-order valence-electron chi connectivity index (χ2n) is 3.00. The van der Waals surface area contributed by atoms with Gasteiger partial charge in [0.25, 0.3) is 0 Å². The lowest BCUT2D eigenvalue weighted by Crippen LogP contribution is -2.20. The van der Waals surface area contributed by atoms with E-state index in [9.17, 15) is 0 Å². The lowest BCUT2D eigenvalue weighted by molar-refractivity contribution is 0.747. The minimum Gasteiger partial charge on any atom is -0.330 e. The van der Waals surface area contributed by atoms with Crippen LogP contribution in [-0.4, -0.2) is 17.8 Å². The number of hydrogen-bond donors (Lipinski definition) is 2. The van der Waals surface area contributed by atoms with Gasteiger partial charge in [-0.2, -0.15) is 0 Å². The van der Waals surface area contributed by atoms with Crippen LogP contribution in [0.1, 0.15) is 17.8 Å². The highest BCUT2D eigenvalue weighted by Crippen LogP contribution is 2.03. The van der Waals surface area contributed by atoms with Gasteiger partial charge in [-0.25, -0.2) is 0 Å². The topological polar surface area (TPSA) is 43.0 Å². The van der Waals surface area contributed by atoms with Crippen LogP contribution in [0.4, 0.5) is 0 Å². The maximum atomic E-state index is 5.39. The Morgan fingerprint density at radius 3 is 2.42 bits per heavy atom. The standard InChI is InChI=1S/C9H17N3/c1-8-4-5-9(2)12(8)11-7-3-6-10/h4-5,11H,3,6-7,10H2,1-2H3. The average Bonchev–Trinajstić information content (AvgIpc) is 2.35. The van der Waals surface area contributed by atoms with Crippen LogP contribution in [0, 0.1) is 13.8 Å². The van der Waals surface area contributed by atoms with Gasteiger partial charge in [0, 0.05) is 17.9 Å². The summed E-state index contributed by atoms with van der Waals surface area (Å²) in [5, 5.41) is 0. The first-order valence-corrected chi connectivity index (χ1v) is 4.34. The predicted molar refractivity (Wildman–Crippen MR) is 51.8 cm³/mol. The molecule has 68 valence electrons. The van der Waals surface area contributed by atoms with Crippen molar-refractivity contribution in [2.24, 2.45) is 5.73 Å². The fourth-order valence-electron chi connectivity index (χ4n) is 1.21. The van der Waals surface area contributed by atoms with Gasteiger partial charge in [0.2, 0.25) is 0 Å². The molecule has 1 heterocycles. The molecule has 0 saturated heterocycles. The van der Waals surface area contributed by atoms with Crippen LogP contribution in [0.5, 0.6) is 0 Å². The normalized spacial score (nSPS) is 10.2. The molecular formula is C9H17N3. The number of aromatic nitrogens is 1. The lowest BCUT2D eigenvalue weighted by atomic mass is 10.4. The molecule has 0 aliphatic rings. The van der Waals surface area contributed by atoms with E-state index in [-0.39, 0.29) is 0 Å². The van der Waals surface area contributed by atoms with E-state index in [4.69, 9.17) is 5.73 Å². The molecule has 0 saturated carbocycles. The van der Waals surface area contributed by atoms with E-state index in [1.54, 1.807) is 0 Å². The van der Waals surface area contributed by atoms with Crippen molar-refractivity contribution in [2.75, 3.05) is 18.5 Å². The van der Waals surface area contributed by atoms with Crippen LogP contribution in [0.2, 0.25) is 0 Å². The summed E-state index contributed by atoms with van der Waals surface area (Å²) >= 11 is 0. The fraction of sp³-hybridized carbons (Fsp3) is 0.556. The van der Waals surface area contributed by atoms with Gasteiger partial charge in [-0.1, -0.05) is 0 Å². The zero-order chi connectivity index (χ0) is 8.97. The predicted octanol–water partition coefficient (Wildman–Crippen LogP) is 0.997. The number of nitrogens with two attached hydrogens (primary N) is 1. The van der Waals surface area contributed by atoms with Gasteiger partial charge in [-0.15, -0.1) is 0 Å². The van der Waals surface area contributed by atoms with Gasteiger partial charge in [-0.05, 0) is 38.9 Å². The van der Waals surface area contributed by atoms with Crippen molar-refractivity contribution in [3.8, 4) is 0 Å². The van der Waals surface area contributed by atoms with E-state index in [1.165, 1.54) is 11.4 Å². The van der Waals surface area contributed by atoms with E-state index >= 15 is 0 Å². The minimum absolute atomic E-state index is 0.742. The van der Waals surface area contributed by atoms with Gasteiger partial charge in [0.05, 0.1) is 0 Å². The molecule has 12 heavy (non-hydrogen) atoms. The monoisotopic (exact) mass is 167 g/mol. The molecule has 0 aliphatic heterocycles. The van der Waals surface area contributed by atoms with E-state index < -0.39 is 0 Å². The first-order chi connectivity index (χ1) is 5.75. The van der Waals surface area contributed by atoms with Crippen LogP contribution in [0.3, 0.4) is 0 Å². The van der Waals surface area contributed by atoms with Crippen molar-refractivity contribution in [3.05, 3.63) is 23.5 Å². The third-order valence-corrected chi connectivity index (χ3v) is 1.92. The van der Waals surface area contributed by atoms with Crippen LogP contribution in [0.15, 0.2) is 12.1 Å². The number of hydrogen-bond acceptors (Lipinski definition) is 2. The molecule has 3 N–H and O–H groups in total. The molecule has 0 radical (unpaired) electrons. The smallest absolute Gasteiger partial charge is 0.0366 e. The van der Waals surface area contributed by atoms with E-state index in [1.807, 2.05) is 0 Å². The number of nitrogens with one attached hydrogen (secondary N) is 1. The highest BCUT2D eigenvalue weighted by atomic mass is 15.4. The summed E-state index contributed by atoms with van der Waals surface area (Å²) in [5.74, 6) is 0. The molecule has 0 spiro atoms. The third-order valence-electron chi connectivity index (χ3n) is 1.92. The van der Waals surface area contributed by atoms with Gasteiger partial charge in [0.15, 0.2) is 0 Å². The first kappa shape index (κ1) is 9.13. The summed E-state index contributed by atoms with van der Waals surface area (Å²) in [6.07, 6.45) is 1.01. The second-order valence-corrected chi connectivity index (χ2v) is 3.00. The van der Waals surface area contributed by atoms with E-state index in [0.29, 0.717) is 0 Å². The van der Waals surface area contributed by atoms with E-state index in [0.717, 1.165) is 19.5 Å². The Balaban J connectivity index is 2.50. The molecule has 0 aromatic carbocycles. The Hall–Kier alpha value is -0.960. The zero-order valence-corrected chi connectivity index (χ0v) is 7.80. The average molecular weight is 167 g/mol. The maximum Gasteiger partial charge on any atom is 0.0366 e. The third kappa shape index (κ3) is 2.01. The van der Waals surface area contributed by atoms with Crippen LogP contribution >= 0.6 is 0 Å². The van der Waals surface area contributed by atoms with Crippen molar-refractivity contribution in [3.63, 3.8) is 0 Å². The molecule has 0 bridgehead atoms. The van der Waals surface area contributed by atoms with E-state index in [2.05, 4.69) is 36.1 Å². The Kier molecular flexibility index (Phi) is 3.17. The summed E-state index contributed by atoms with van der Waals surface area (Å²) in [7, 11) is 0. The van der Waals surface area contributed by atoms with Crippen molar-refractivity contribution < 1.29 is 0 Å². The molecule has 1 aromatic heterocycles. The molecule has 3 heteroatoms. The van der Waals surface area contributed by atoms with Crippen molar-refractivity contribution >= 4 is 0 Å². The Bertz CT molecular complexity index is 220. The molecule has 0 unspecified atom stereocenters. The first-order valence-electron chi connectivity index (χ1n) is 4.34. The highest BCUT2D eigenvalue weighted by molar-refractivity contribution is 5.15. The number of aryl methyl sites for hydroxylation is 2. The van der Waals surface area contributed by atoms with Gasteiger partial charge in [0.1, 0.15) is 0 Å². The molecular weight excluding hydrogens is 150 g/mol. The summed E-state index contributed by atoms with van der Waals surface area (Å²) in [4.78, 5) is 0. The lowest BCUT2D eigenvalue weighted by Gasteiger charge is -2.11. The second kappa shape index (κ2) is 4.16. The molecule has 3 nitrogen and oxygen atoms in total. The summed E-state index contributed by atoms with van der Waals surface area (Å²) in [6.45, 7) is 5.85. The van der Waals surface area contributed by atoms with Gasteiger partial charge in [-0.3, -0.25) is 4.68 Å². The molecule has 1 rings (SSSR count). The van der Waals surface area contributed by atoms with Gasteiger partial charge < -0.3 is 11.2 Å². The van der Waals surface area contributed by atoms with Crippen molar-refractivity contribution in [1.29, 1.82) is 0 Å². The number of nitrogens with zero attached hydrogens (tertiary/aromatic N) is 1. The maximum absolute atomic E-state index is 5.39. The van der Waals surface area contributed by atoms with Crippen LogP contribution in [0.25, 0.3) is 0 Å². The Morgan fingerprint density at radius 1 is 1.33 bits per heavy atom. The fourth-order valence-corrected chi connectivity index (χ4v) is 1.21. The summed E-state index contributed by atoms with van der Waals surface area (Å²) < 4.78 is 2.09. The molecule has 0 aliphatic carbocycles. The zero-order valence-electron chi connectivity index (χ0n) is 7.80. The van der Waals surface area contributed by atoms with Crippen molar-refractivity contribution in [2.45, 2.75) is 20.3 Å². The molecule has 0 amide bonds. The minimum atomic E-state index is 0.742. The van der Waals surface area contributed by atoms with Crippen LogP contribution in [-0.2, 0) is 0 Å². The Morgan fingerprint density at radius 2 is 1.92 bits per heavy atom. The molecule has 0 fully saturated rings. The number of rotatable bonds is 4. The quantitative estimate of drug-likeness (QED) is 0.657. The highest BCUT2D eigenvalue weighted by Gasteiger charge is 1.97. The Labute approximate surface area is 73.5 Å². The largest absolute Gasteiger partial charge is 0.330 e. The summed E-state index contributed by atoms with van der Waals surface area (Å²) in [5.41, 5.74) is 11.2. The SMILES string of the molecule is Cc1ccc(C)n1NCCCN. The molecule has 0 atom stereocenters. The van der Waals surface area contributed by atoms with Crippen LogP contribution < -0.4 is 11.2 Å². The molecule has 1 aromatic rings.